The van der Waals surface area contributed by atoms with Gasteiger partial charge in [-0.15, -0.1) is 0 Å². The number of unbranched alkanes of at least 4 members (excludes halogenated alkanes) is 9. The van der Waals surface area contributed by atoms with Crippen LogP contribution in [0.5, 0.6) is 0 Å². The summed E-state index contributed by atoms with van der Waals surface area (Å²) in [6, 6.07) is 0. The quantitative estimate of drug-likeness (QED) is 0.502. The van der Waals surface area contributed by atoms with Crippen molar-refractivity contribution in [2.24, 2.45) is 5.92 Å². The zero-order valence-electron chi connectivity index (χ0n) is 15.2. The molecule has 0 aromatic carbocycles. The lowest BCUT2D eigenvalue weighted by atomic mass is 10.1. The molecule has 1 atom stereocenters. The first-order chi connectivity index (χ1) is 11.5. The Morgan fingerprint density at radius 1 is 1.00 bits per heavy atom. The summed E-state index contributed by atoms with van der Waals surface area (Å²) in [4.78, 5) is 11.5. The zero-order chi connectivity index (χ0) is 17.7. The summed E-state index contributed by atoms with van der Waals surface area (Å²) in [6.07, 6.45) is 12.7. The van der Waals surface area contributed by atoms with E-state index in [0.717, 1.165) is 12.8 Å². The third kappa shape index (κ3) is 10.9. The molecule has 1 unspecified atom stereocenters. The van der Waals surface area contributed by atoms with E-state index in [9.17, 15) is 13.2 Å². The van der Waals surface area contributed by atoms with E-state index in [0.29, 0.717) is 19.6 Å². The van der Waals surface area contributed by atoms with Gasteiger partial charge in [-0.3, -0.25) is 0 Å². The molecule has 5 nitrogen and oxygen atoms in total. The van der Waals surface area contributed by atoms with E-state index in [1.165, 1.54) is 51.4 Å². The molecule has 1 aliphatic heterocycles. The van der Waals surface area contributed by atoms with Gasteiger partial charge in [0.2, 0.25) is 0 Å². The fourth-order valence-electron chi connectivity index (χ4n) is 3.07. The molecule has 1 heterocycles. The average Bonchev–Trinajstić information content (AvgIpc) is 2.90. The van der Waals surface area contributed by atoms with Crippen molar-refractivity contribution in [3.8, 4) is 0 Å². The summed E-state index contributed by atoms with van der Waals surface area (Å²) in [5, 5.41) is 2.67. The van der Waals surface area contributed by atoms with E-state index in [-0.39, 0.29) is 17.4 Å². The summed E-state index contributed by atoms with van der Waals surface area (Å²) < 4.78 is 27.8. The third-order valence-corrected chi connectivity index (χ3v) is 6.43. The van der Waals surface area contributed by atoms with Gasteiger partial charge in [0.05, 0.1) is 18.1 Å². The minimum Gasteiger partial charge on any atom is -0.450 e. The van der Waals surface area contributed by atoms with Gasteiger partial charge in [-0.05, 0) is 18.8 Å². The predicted molar refractivity (Wildman–Crippen MR) is 98.0 cm³/mol. The first kappa shape index (κ1) is 21.3. The molecule has 1 N–H and O–H groups in total. The summed E-state index contributed by atoms with van der Waals surface area (Å²) in [7, 11) is -2.87. The number of hydrogen-bond acceptors (Lipinski definition) is 4. The summed E-state index contributed by atoms with van der Waals surface area (Å²) in [6.45, 7) is 3.09. The second kappa shape index (κ2) is 12.6. The number of hydrogen-bond donors (Lipinski definition) is 1. The SMILES string of the molecule is CCCCCCCCCCCCOC(=O)NCC1CCS(=O)(=O)C1. The van der Waals surface area contributed by atoms with Crippen molar-refractivity contribution in [2.45, 2.75) is 77.6 Å². The molecule has 0 aliphatic carbocycles. The Balaban J connectivity index is 1.84. The first-order valence-electron chi connectivity index (χ1n) is 9.64. The average molecular weight is 362 g/mol. The maximum atomic E-state index is 11.5. The van der Waals surface area contributed by atoms with Crippen molar-refractivity contribution in [1.29, 1.82) is 0 Å². The number of sulfone groups is 1. The molecule has 0 aromatic heterocycles. The van der Waals surface area contributed by atoms with Crippen LogP contribution in [0.1, 0.15) is 77.6 Å². The van der Waals surface area contributed by atoms with Crippen LogP contribution < -0.4 is 5.32 Å². The van der Waals surface area contributed by atoms with E-state index >= 15 is 0 Å². The standard InChI is InChI=1S/C18H35NO4S/c1-2-3-4-5-6-7-8-9-10-11-13-23-18(20)19-15-17-12-14-24(21,22)16-17/h17H,2-16H2,1H3,(H,19,20). The van der Waals surface area contributed by atoms with Crippen molar-refractivity contribution in [3.63, 3.8) is 0 Å². The monoisotopic (exact) mass is 361 g/mol. The van der Waals surface area contributed by atoms with Crippen LogP contribution in [0.25, 0.3) is 0 Å². The van der Waals surface area contributed by atoms with E-state index in [2.05, 4.69) is 12.2 Å². The molecule has 0 radical (unpaired) electrons. The molecule has 1 fully saturated rings. The molecule has 0 aromatic rings. The minimum absolute atomic E-state index is 0.0416. The van der Waals surface area contributed by atoms with Crippen LogP contribution in [0.15, 0.2) is 0 Å². The third-order valence-electron chi connectivity index (χ3n) is 4.59. The fourth-order valence-corrected chi connectivity index (χ4v) is 4.93. The van der Waals surface area contributed by atoms with Crippen molar-refractivity contribution in [2.75, 3.05) is 24.7 Å². The van der Waals surface area contributed by atoms with Gasteiger partial charge in [0.1, 0.15) is 0 Å². The Labute approximate surface area is 147 Å². The summed E-state index contributed by atoms with van der Waals surface area (Å²) in [5.41, 5.74) is 0. The lowest BCUT2D eigenvalue weighted by molar-refractivity contribution is 0.142. The van der Waals surface area contributed by atoms with Crippen molar-refractivity contribution < 1.29 is 17.9 Å². The highest BCUT2D eigenvalue weighted by Crippen LogP contribution is 2.17. The van der Waals surface area contributed by atoms with Gasteiger partial charge in [0.25, 0.3) is 0 Å². The highest BCUT2D eigenvalue weighted by atomic mass is 32.2. The molecule has 0 bridgehead atoms. The van der Waals surface area contributed by atoms with E-state index in [1.807, 2.05) is 0 Å². The zero-order valence-corrected chi connectivity index (χ0v) is 16.0. The maximum absolute atomic E-state index is 11.5. The highest BCUT2D eigenvalue weighted by Gasteiger charge is 2.27. The topological polar surface area (TPSA) is 72.5 Å². The molecule has 0 saturated carbocycles. The number of carbonyl (C=O) groups is 1. The lowest BCUT2D eigenvalue weighted by Crippen LogP contribution is -2.30. The number of rotatable bonds is 13. The van der Waals surface area contributed by atoms with E-state index in [1.54, 1.807) is 0 Å². The van der Waals surface area contributed by atoms with Gasteiger partial charge in [-0.2, -0.15) is 0 Å². The van der Waals surface area contributed by atoms with Gasteiger partial charge < -0.3 is 10.1 Å². The molecule has 1 aliphatic rings. The van der Waals surface area contributed by atoms with Crippen molar-refractivity contribution in [1.82, 2.24) is 5.32 Å². The number of carbonyl (C=O) groups excluding carboxylic acids is 1. The van der Waals surface area contributed by atoms with Gasteiger partial charge in [0.15, 0.2) is 9.84 Å². The number of alkyl carbamates (subject to hydrolysis) is 1. The molecule has 1 amide bonds. The normalized spacial score (nSPS) is 19.3. The molecule has 1 saturated heterocycles. The molecule has 6 heteroatoms. The molecular formula is C18H35NO4S. The first-order valence-corrected chi connectivity index (χ1v) is 11.5. The van der Waals surface area contributed by atoms with Gasteiger partial charge in [-0.1, -0.05) is 64.7 Å². The van der Waals surface area contributed by atoms with E-state index in [4.69, 9.17) is 4.74 Å². The fraction of sp³-hybridized carbons (Fsp3) is 0.944. The summed E-state index contributed by atoms with van der Waals surface area (Å²) in [5.74, 6) is 0.471. The maximum Gasteiger partial charge on any atom is 0.407 e. The van der Waals surface area contributed by atoms with Crippen LogP contribution in [0, 0.1) is 5.92 Å². The predicted octanol–water partition coefficient (Wildman–Crippen LogP) is 4.07. The van der Waals surface area contributed by atoms with Gasteiger partial charge >= 0.3 is 6.09 Å². The Kier molecular flexibility index (Phi) is 11.1. The Bertz CT molecular complexity index is 436. The number of nitrogens with one attached hydrogen (secondary N) is 1. The molecule has 142 valence electrons. The highest BCUT2D eigenvalue weighted by molar-refractivity contribution is 7.91. The van der Waals surface area contributed by atoms with Crippen LogP contribution in [-0.4, -0.2) is 39.2 Å². The Hall–Kier alpha value is -0.780. The second-order valence-corrected chi connectivity index (χ2v) is 9.20. The van der Waals surface area contributed by atoms with Crippen molar-refractivity contribution >= 4 is 15.9 Å². The Morgan fingerprint density at radius 2 is 1.58 bits per heavy atom. The summed E-state index contributed by atoms with van der Waals surface area (Å²) >= 11 is 0. The van der Waals surface area contributed by atoms with Gasteiger partial charge in [-0.25, -0.2) is 13.2 Å². The molecule has 1 rings (SSSR count). The number of amides is 1. The minimum atomic E-state index is -2.87. The number of ether oxygens (including phenoxy) is 1. The van der Waals surface area contributed by atoms with Crippen LogP contribution in [-0.2, 0) is 14.6 Å². The second-order valence-electron chi connectivity index (χ2n) is 6.97. The van der Waals surface area contributed by atoms with Crippen LogP contribution in [0.3, 0.4) is 0 Å². The van der Waals surface area contributed by atoms with Crippen LogP contribution in [0.2, 0.25) is 0 Å². The van der Waals surface area contributed by atoms with Crippen LogP contribution in [0.4, 0.5) is 4.79 Å². The molecule has 24 heavy (non-hydrogen) atoms. The Morgan fingerprint density at radius 3 is 2.12 bits per heavy atom. The lowest BCUT2D eigenvalue weighted by Gasteiger charge is -2.10. The largest absolute Gasteiger partial charge is 0.450 e. The van der Waals surface area contributed by atoms with Crippen molar-refractivity contribution in [3.05, 3.63) is 0 Å². The molecular weight excluding hydrogens is 326 g/mol. The molecule has 0 spiro atoms. The van der Waals surface area contributed by atoms with Crippen LogP contribution >= 0.6 is 0 Å². The van der Waals surface area contributed by atoms with E-state index < -0.39 is 15.9 Å². The smallest absolute Gasteiger partial charge is 0.407 e. The van der Waals surface area contributed by atoms with Gasteiger partial charge in [0, 0.05) is 6.54 Å².